The molecule has 204 valence electrons. The van der Waals surface area contributed by atoms with Crippen molar-refractivity contribution >= 4 is 17.9 Å². The van der Waals surface area contributed by atoms with E-state index in [1.807, 2.05) is 65.2 Å². The van der Waals surface area contributed by atoms with Crippen molar-refractivity contribution in [1.29, 1.82) is 0 Å². The number of rotatable bonds is 8. The van der Waals surface area contributed by atoms with Gasteiger partial charge in [0.15, 0.2) is 6.54 Å². The van der Waals surface area contributed by atoms with Crippen molar-refractivity contribution in [3.63, 3.8) is 0 Å². The fraction of sp³-hybridized carbons (Fsp3) is 0.640. The van der Waals surface area contributed by atoms with Gasteiger partial charge in [-0.25, -0.2) is 4.79 Å². The summed E-state index contributed by atoms with van der Waals surface area (Å²) in [4.78, 5) is 36.0. The van der Waals surface area contributed by atoms with E-state index >= 15 is 0 Å². The van der Waals surface area contributed by atoms with E-state index in [2.05, 4.69) is 4.90 Å². The third kappa shape index (κ3) is 12.3. The number of aliphatic carboxylic acids is 1. The first kappa shape index (κ1) is 31.4. The quantitative estimate of drug-likeness (QED) is 0.384. The van der Waals surface area contributed by atoms with Gasteiger partial charge >= 0.3 is 18.1 Å². The molecule has 1 heterocycles. The fourth-order valence-electron chi connectivity index (χ4n) is 3.72. The molecule has 0 bridgehead atoms. The molecular weight excluding hydrogens is 481 g/mol. The number of carbonyl (C=O) groups excluding carboxylic acids is 3. The molecule has 0 spiro atoms. The molecule has 1 aliphatic rings. The standard InChI is InChI=1S/C23H37N2O4.C2HF3O2/c1-23(2,3)29-21(26)17-25(16-13-24(4)5)14-11-20(12-15-25)22(27)28-18-19-9-7-6-8-10-19;3-2(4,5)1(6)7/h6-10,20H,11-18H2,1-5H3;(H,6,7)/q+1;/p-1. The van der Waals surface area contributed by atoms with Crippen molar-refractivity contribution in [2.45, 2.75) is 52.0 Å². The summed E-state index contributed by atoms with van der Waals surface area (Å²) in [5.74, 6) is -3.40. The van der Waals surface area contributed by atoms with Gasteiger partial charge in [-0.1, -0.05) is 30.3 Å². The van der Waals surface area contributed by atoms with Gasteiger partial charge in [-0.05, 0) is 40.4 Å². The lowest BCUT2D eigenvalue weighted by Gasteiger charge is -2.43. The Morgan fingerprint density at radius 3 is 2.03 bits per heavy atom. The molecular formula is C25H37F3N2O6. The number of carbonyl (C=O) groups is 3. The van der Waals surface area contributed by atoms with Gasteiger partial charge in [0.05, 0.1) is 25.6 Å². The van der Waals surface area contributed by atoms with Gasteiger partial charge in [0.2, 0.25) is 0 Å². The number of nitrogens with zero attached hydrogens (tertiary/aromatic N) is 2. The first-order chi connectivity index (χ1) is 16.5. The van der Waals surface area contributed by atoms with Crippen LogP contribution >= 0.6 is 0 Å². The zero-order chi connectivity index (χ0) is 27.6. The van der Waals surface area contributed by atoms with Gasteiger partial charge in [-0.2, -0.15) is 13.2 Å². The number of piperidine rings is 1. The lowest BCUT2D eigenvalue weighted by molar-refractivity contribution is -0.926. The van der Waals surface area contributed by atoms with E-state index in [9.17, 15) is 22.8 Å². The predicted molar refractivity (Wildman–Crippen MR) is 124 cm³/mol. The maximum absolute atomic E-state index is 12.5. The molecule has 0 amide bonds. The van der Waals surface area contributed by atoms with Gasteiger partial charge in [-0.3, -0.25) is 4.79 Å². The highest BCUT2D eigenvalue weighted by molar-refractivity contribution is 5.73. The Bertz CT molecular complexity index is 846. The molecule has 1 aromatic rings. The summed E-state index contributed by atoms with van der Waals surface area (Å²) in [7, 11) is 4.08. The Morgan fingerprint density at radius 1 is 1.06 bits per heavy atom. The number of esters is 2. The number of halogens is 3. The molecule has 0 unspecified atom stereocenters. The minimum atomic E-state index is -5.19. The van der Waals surface area contributed by atoms with Crippen LogP contribution in [0.2, 0.25) is 0 Å². The van der Waals surface area contributed by atoms with Gasteiger partial charge in [0.1, 0.15) is 18.2 Å². The van der Waals surface area contributed by atoms with Crippen LogP contribution in [0.5, 0.6) is 0 Å². The molecule has 0 radical (unpaired) electrons. The molecule has 2 rings (SSSR count). The third-order valence-electron chi connectivity index (χ3n) is 5.60. The number of quaternary nitrogens is 1. The Balaban J connectivity index is 0.000000809. The topological polar surface area (TPSA) is 96.0 Å². The smallest absolute Gasteiger partial charge is 0.430 e. The van der Waals surface area contributed by atoms with Crippen molar-refractivity contribution < 1.29 is 46.6 Å². The summed E-state index contributed by atoms with van der Waals surface area (Å²) in [6.45, 7) is 9.70. The fourth-order valence-corrected chi connectivity index (χ4v) is 3.72. The van der Waals surface area contributed by atoms with Crippen LogP contribution in [0, 0.1) is 5.92 Å². The molecule has 1 aliphatic heterocycles. The Hall–Kier alpha value is -2.66. The van der Waals surface area contributed by atoms with Gasteiger partial charge < -0.3 is 28.8 Å². The molecule has 1 fully saturated rings. The number of likely N-dealkylation sites (tertiary alicyclic amines) is 1. The highest BCUT2D eigenvalue weighted by Gasteiger charge is 2.39. The Morgan fingerprint density at radius 2 is 1.58 bits per heavy atom. The van der Waals surface area contributed by atoms with Crippen LogP contribution in [0.3, 0.4) is 0 Å². The lowest BCUT2D eigenvalue weighted by atomic mass is 9.94. The molecule has 0 aliphatic carbocycles. The van der Waals surface area contributed by atoms with E-state index in [-0.39, 0.29) is 17.9 Å². The van der Waals surface area contributed by atoms with Gasteiger partial charge in [-0.15, -0.1) is 0 Å². The molecule has 0 N–H and O–H groups in total. The van der Waals surface area contributed by atoms with Crippen molar-refractivity contribution in [3.8, 4) is 0 Å². The molecule has 1 aromatic carbocycles. The molecule has 0 saturated carbocycles. The molecule has 1 saturated heterocycles. The number of likely N-dealkylation sites (N-methyl/N-ethyl adjacent to an activating group) is 1. The summed E-state index contributed by atoms with van der Waals surface area (Å²) in [6.07, 6.45) is -3.71. The van der Waals surface area contributed by atoms with E-state index < -0.39 is 17.7 Å². The number of alkyl halides is 3. The highest BCUT2D eigenvalue weighted by atomic mass is 19.4. The van der Waals surface area contributed by atoms with Crippen LogP contribution in [-0.2, 0) is 30.5 Å². The number of hydrogen-bond acceptors (Lipinski definition) is 7. The van der Waals surface area contributed by atoms with E-state index in [1.165, 1.54) is 0 Å². The number of ether oxygens (including phenoxy) is 2. The normalized spacial score (nSPS) is 20.2. The summed E-state index contributed by atoms with van der Waals surface area (Å²) in [5, 5.41) is 8.78. The summed E-state index contributed by atoms with van der Waals surface area (Å²) in [5.41, 5.74) is 0.514. The SMILES string of the molecule is CN(C)CC[N+]1(CC(=O)OC(C)(C)C)CCC(C(=O)OCc2ccccc2)CC1.O=C([O-])C(F)(F)F. The number of carboxylic acids is 1. The lowest BCUT2D eigenvalue weighted by Crippen LogP contribution is -2.59. The molecule has 8 nitrogen and oxygen atoms in total. The van der Waals surface area contributed by atoms with Crippen LogP contribution in [0.15, 0.2) is 30.3 Å². The maximum Gasteiger partial charge on any atom is 0.430 e. The number of carboxylic acid groups (broad SMARTS) is 1. The Labute approximate surface area is 210 Å². The van der Waals surface area contributed by atoms with Crippen LogP contribution in [0.1, 0.15) is 39.2 Å². The number of hydrogen-bond donors (Lipinski definition) is 0. The van der Waals surface area contributed by atoms with Crippen molar-refractivity contribution in [2.24, 2.45) is 5.92 Å². The zero-order valence-electron chi connectivity index (χ0n) is 21.6. The molecule has 0 aromatic heterocycles. The van der Waals surface area contributed by atoms with Gasteiger partial charge in [0.25, 0.3) is 0 Å². The zero-order valence-corrected chi connectivity index (χ0v) is 21.6. The second kappa shape index (κ2) is 13.6. The average molecular weight is 519 g/mol. The minimum Gasteiger partial charge on any atom is -0.542 e. The predicted octanol–water partition coefficient (Wildman–Crippen LogP) is 2.16. The number of benzene rings is 1. The van der Waals surface area contributed by atoms with Gasteiger partial charge in [0, 0.05) is 19.4 Å². The minimum absolute atomic E-state index is 0.0945. The average Bonchev–Trinajstić information content (AvgIpc) is 2.76. The molecule has 0 atom stereocenters. The van der Waals surface area contributed by atoms with E-state index in [1.54, 1.807) is 0 Å². The molecule has 11 heteroatoms. The summed E-state index contributed by atoms with van der Waals surface area (Å²) in [6, 6.07) is 9.74. The van der Waals surface area contributed by atoms with E-state index in [0.717, 1.165) is 44.6 Å². The third-order valence-corrected chi connectivity index (χ3v) is 5.60. The monoisotopic (exact) mass is 518 g/mol. The van der Waals surface area contributed by atoms with Crippen LogP contribution < -0.4 is 5.11 Å². The summed E-state index contributed by atoms with van der Waals surface area (Å²) >= 11 is 0. The van der Waals surface area contributed by atoms with E-state index in [4.69, 9.17) is 19.4 Å². The second-order valence-corrected chi connectivity index (χ2v) is 10.2. The largest absolute Gasteiger partial charge is 0.542 e. The highest BCUT2D eigenvalue weighted by Crippen LogP contribution is 2.26. The molecule has 36 heavy (non-hydrogen) atoms. The van der Waals surface area contributed by atoms with E-state index in [0.29, 0.717) is 17.6 Å². The summed E-state index contributed by atoms with van der Waals surface area (Å²) < 4.78 is 43.3. The maximum atomic E-state index is 12.5. The first-order valence-corrected chi connectivity index (χ1v) is 11.7. The van der Waals surface area contributed by atoms with Crippen LogP contribution in [0.25, 0.3) is 0 Å². The van der Waals surface area contributed by atoms with Crippen LogP contribution in [-0.4, -0.2) is 85.9 Å². The van der Waals surface area contributed by atoms with Crippen molar-refractivity contribution in [1.82, 2.24) is 4.90 Å². The second-order valence-electron chi connectivity index (χ2n) is 10.2. The van der Waals surface area contributed by atoms with Crippen molar-refractivity contribution in [3.05, 3.63) is 35.9 Å². The Kier molecular flexibility index (Phi) is 11.8. The first-order valence-electron chi connectivity index (χ1n) is 11.7. The van der Waals surface area contributed by atoms with Crippen molar-refractivity contribution in [2.75, 3.05) is 46.8 Å². The van der Waals surface area contributed by atoms with Crippen LogP contribution in [0.4, 0.5) is 13.2 Å².